The number of benzene rings is 2. The summed E-state index contributed by atoms with van der Waals surface area (Å²) in [7, 11) is 0. The Morgan fingerprint density at radius 3 is 1.21 bits per heavy atom. The number of imidazole rings is 4. The van der Waals surface area contributed by atoms with Gasteiger partial charge in [-0.05, 0) is 162 Å². The Morgan fingerprint density at radius 2 is 0.829 bits per heavy atom. The van der Waals surface area contributed by atoms with Crippen LogP contribution in [0.25, 0.3) is 71.9 Å². The number of carbonyl (C=O) groups excluding carboxylic acids is 4. The molecule has 10 heterocycles. The molecule has 2 aromatic carbocycles. The number of aryl methyl sites for hydroxylation is 4. The van der Waals surface area contributed by atoms with Crippen molar-refractivity contribution in [1.82, 2.24) is 83.7 Å². The lowest BCUT2D eigenvalue weighted by molar-refractivity contribution is -0.158. The molecule has 4 amide bonds. The number of rotatable bonds is 17. The Labute approximate surface area is 658 Å². The maximum absolute atomic E-state index is 14.0. The van der Waals surface area contributed by atoms with Gasteiger partial charge in [-0.2, -0.15) is 79.8 Å². The zero-order chi connectivity index (χ0) is 83.9. The molecule has 0 radical (unpaired) electrons. The molecule has 0 bridgehead atoms. The number of thiophene rings is 1. The van der Waals surface area contributed by atoms with Gasteiger partial charge in [-0.15, -0.1) is 0 Å². The van der Waals surface area contributed by atoms with E-state index in [1.54, 1.807) is 96.5 Å². The summed E-state index contributed by atoms with van der Waals surface area (Å²) in [4.78, 5) is 92.3. The number of nitrogens with zero attached hydrogens (tertiary/aromatic N) is 17. The van der Waals surface area contributed by atoms with E-state index in [1.165, 1.54) is 57.6 Å². The molecule has 0 spiro atoms. The molecule has 4 saturated carbocycles. The van der Waals surface area contributed by atoms with Crippen molar-refractivity contribution >= 4 is 63.2 Å². The van der Waals surface area contributed by atoms with Crippen LogP contribution < -0.4 is 21.3 Å². The van der Waals surface area contributed by atoms with Gasteiger partial charge in [-0.25, -0.2) is 54.1 Å². The van der Waals surface area contributed by atoms with Crippen molar-refractivity contribution in [1.29, 1.82) is 15.8 Å². The van der Waals surface area contributed by atoms with Gasteiger partial charge in [-0.1, -0.05) is 42.5 Å². The highest BCUT2D eigenvalue weighted by atomic mass is 32.1. The Morgan fingerprint density at radius 1 is 0.470 bits per heavy atom. The fraction of sp³-hybridized carbons (Fsp3) is 0.321. The average molecular weight is 1640 g/mol. The number of carbonyl (C=O) groups is 4. The second-order valence-electron chi connectivity index (χ2n) is 28.1. The first kappa shape index (κ1) is 81.7. The first-order valence-corrected chi connectivity index (χ1v) is 36.8. The Kier molecular flexibility index (Phi) is 22.7. The van der Waals surface area contributed by atoms with Crippen molar-refractivity contribution in [2.24, 2.45) is 23.7 Å². The van der Waals surface area contributed by atoms with E-state index in [1.807, 2.05) is 35.7 Å². The van der Waals surface area contributed by atoms with Gasteiger partial charge in [0.1, 0.15) is 73.1 Å². The minimum absolute atomic E-state index is 0.0207. The molecule has 117 heavy (non-hydrogen) atoms. The molecule has 16 rings (SSSR count). The Hall–Kier alpha value is -13.3. The highest BCUT2D eigenvalue weighted by Gasteiger charge is 2.53. The maximum Gasteiger partial charge on any atom is 0.408 e. The van der Waals surface area contributed by atoms with Crippen LogP contribution in [0.2, 0.25) is 0 Å². The van der Waals surface area contributed by atoms with Crippen molar-refractivity contribution in [2.45, 2.75) is 134 Å². The molecule has 4 aliphatic rings. The second-order valence-corrected chi connectivity index (χ2v) is 29.0. The monoisotopic (exact) mass is 1640 g/mol. The van der Waals surface area contributed by atoms with Crippen LogP contribution in [0.3, 0.4) is 0 Å². The molecule has 4 unspecified atom stereocenters. The van der Waals surface area contributed by atoms with E-state index in [9.17, 15) is 81.5 Å². The van der Waals surface area contributed by atoms with Crippen LogP contribution in [0.1, 0.15) is 133 Å². The van der Waals surface area contributed by atoms with Gasteiger partial charge in [0.25, 0.3) is 23.6 Å². The lowest BCUT2D eigenvalue weighted by atomic mass is 10.0. The largest absolute Gasteiger partial charge is 0.408 e. The van der Waals surface area contributed by atoms with E-state index in [2.05, 4.69) is 71.7 Å². The van der Waals surface area contributed by atoms with Gasteiger partial charge in [0.15, 0.2) is 45.4 Å². The number of hydrogen-bond donors (Lipinski definition) is 4. The molecule has 12 aromatic rings. The van der Waals surface area contributed by atoms with E-state index in [4.69, 9.17) is 17.1 Å². The van der Waals surface area contributed by atoms with Crippen LogP contribution in [0, 0.1) is 97.7 Å². The number of aromatic nitrogens is 13. The first-order chi connectivity index (χ1) is 55.6. The van der Waals surface area contributed by atoms with E-state index in [0.29, 0.717) is 107 Å². The second kappa shape index (κ2) is 32.5. The van der Waals surface area contributed by atoms with Crippen molar-refractivity contribution in [3.8, 4) is 62.7 Å². The summed E-state index contributed by atoms with van der Waals surface area (Å²) in [5.74, 6) is -6.87. The quantitative estimate of drug-likeness (QED) is 0.0486. The SMILES string of the molecule is Cc1cc(-c2cccc(C#N)n2)nc2c(C(=O)NC(C3CC3)C(F)(F)F)ncn12.Cc1cc(-c2cccc(F)c2C#N)nc2c(C(=O)NC(C3CC3)C(F)(F)F)ncn12.Cc1cc(-c2ccccc2CC#N)nc2c(C(=O)NC(C3CC3)C(F)(F)F)ncn12.[C-]#[N+]c1ccsc1-c1cc(C)n2cnc(C(=O)NC(C3CC3)C(F)(F)F)c2n1. The minimum Gasteiger partial charge on any atom is -0.339 e. The van der Waals surface area contributed by atoms with Gasteiger partial charge in [0, 0.05) is 33.9 Å². The van der Waals surface area contributed by atoms with Crippen LogP contribution in [0.15, 0.2) is 122 Å². The van der Waals surface area contributed by atoms with Crippen molar-refractivity contribution in [3.63, 3.8) is 0 Å². The van der Waals surface area contributed by atoms with E-state index in [0.717, 1.165) is 17.2 Å². The highest BCUT2D eigenvalue weighted by molar-refractivity contribution is 7.14. The smallest absolute Gasteiger partial charge is 0.339 e. The minimum atomic E-state index is -4.57. The molecule has 39 heteroatoms. The molecule has 0 saturated heterocycles. The Bertz CT molecular complexity index is 6060. The fourth-order valence-electron chi connectivity index (χ4n) is 13.2. The van der Waals surface area contributed by atoms with Crippen molar-refractivity contribution in [3.05, 3.63) is 201 Å². The molecule has 25 nitrogen and oxygen atoms in total. The first-order valence-electron chi connectivity index (χ1n) is 35.9. The number of halogens is 13. The summed E-state index contributed by atoms with van der Waals surface area (Å²) in [6.07, 6.45) is -9.18. The Balaban J connectivity index is 0.000000136. The number of nitriles is 3. The number of nitrogens with one attached hydrogen (secondary N) is 4. The average Bonchev–Trinajstić information content (AvgIpc) is 1.67. The van der Waals surface area contributed by atoms with Crippen LogP contribution >= 0.6 is 11.3 Å². The molecule has 0 aliphatic heterocycles. The molecule has 4 aliphatic carbocycles. The van der Waals surface area contributed by atoms with Crippen LogP contribution in [0.5, 0.6) is 0 Å². The van der Waals surface area contributed by atoms with Gasteiger partial charge < -0.3 is 21.3 Å². The van der Waals surface area contributed by atoms with Crippen LogP contribution in [-0.4, -0.2) is 135 Å². The lowest BCUT2D eigenvalue weighted by Gasteiger charge is -2.20. The third kappa shape index (κ3) is 18.0. The summed E-state index contributed by atoms with van der Waals surface area (Å²) >= 11 is 1.33. The zero-order valence-electron chi connectivity index (χ0n) is 61.6. The predicted molar refractivity (Wildman–Crippen MR) is 393 cm³/mol. The number of fused-ring (bicyclic) bond motifs is 4. The van der Waals surface area contributed by atoms with Crippen LogP contribution in [-0.2, 0) is 6.42 Å². The fourth-order valence-corrected chi connectivity index (χ4v) is 13.9. The lowest BCUT2D eigenvalue weighted by Crippen LogP contribution is -2.47. The highest BCUT2D eigenvalue weighted by Crippen LogP contribution is 2.45. The molecule has 4 N–H and O–H groups in total. The summed E-state index contributed by atoms with van der Waals surface area (Å²) in [6.45, 7) is 14.2. The van der Waals surface area contributed by atoms with Gasteiger partial charge in [0.2, 0.25) is 5.69 Å². The maximum atomic E-state index is 14.0. The number of alkyl halides is 12. The van der Waals surface area contributed by atoms with Gasteiger partial charge in [-0.3, -0.25) is 36.8 Å². The van der Waals surface area contributed by atoms with E-state index in [-0.39, 0.29) is 74.3 Å². The summed E-state index contributed by atoms with van der Waals surface area (Å²) in [6, 6.07) is 22.9. The number of pyridine rings is 1. The molecule has 4 fully saturated rings. The molecule has 600 valence electrons. The van der Waals surface area contributed by atoms with E-state index >= 15 is 0 Å². The van der Waals surface area contributed by atoms with E-state index < -0.39 is 102 Å². The molecular formula is C78H62F13N21O4S. The summed E-state index contributed by atoms with van der Waals surface area (Å²) in [5, 5.41) is 37.4. The number of amides is 4. The third-order valence-corrected chi connectivity index (χ3v) is 20.6. The van der Waals surface area contributed by atoms with Crippen molar-refractivity contribution in [2.75, 3.05) is 0 Å². The van der Waals surface area contributed by atoms with Gasteiger partial charge in [0.05, 0.1) is 58.0 Å². The van der Waals surface area contributed by atoms with Crippen LogP contribution in [0.4, 0.5) is 62.8 Å². The topological polar surface area (TPSA) is 326 Å². The molecule has 10 aromatic heterocycles. The summed E-state index contributed by atoms with van der Waals surface area (Å²) < 4.78 is 179. The third-order valence-electron chi connectivity index (χ3n) is 19.7. The number of hydrogen-bond acceptors (Lipinski definition) is 17. The molecular weight excluding hydrogens is 1570 g/mol. The molecule has 4 atom stereocenters. The summed E-state index contributed by atoms with van der Waals surface area (Å²) in [5.41, 5.74) is 6.44. The zero-order valence-corrected chi connectivity index (χ0v) is 62.4. The predicted octanol–water partition coefficient (Wildman–Crippen LogP) is 15.1. The van der Waals surface area contributed by atoms with Crippen molar-refractivity contribution < 1.29 is 76.3 Å². The normalized spacial score (nSPS) is 15.2. The van der Waals surface area contributed by atoms with Gasteiger partial charge >= 0.3 is 24.7 Å². The standard InChI is InChI=1S/C21H18F3N5O.C20H15F4N5O.C19H15F3N6O.C18H14F3N5OS/c1-12-10-16(15-5-3-2-4-13(15)8-9-25)27-19-17(26-11-29(12)19)20(30)28-18(14-6-7-14)21(22,23)24;1-10-7-15(12-3-2-4-14(21)13(12)8-25)27-18-16(26-9-29(10)18)19(30)28-17(11-5-6-11)20(22,23)24;1-10-7-14(13-4-2-3-12(8-23)25-13)26-17-15(24-9-28(10)17)18(29)27-16(11-5-6-11)19(20,21)22;1-9-7-12(14-11(22-2)5-6-28-14)24-16-13(23-8-26(9)16)17(27)25-15(10-3-4-10)18(19,20)21/h2-5,10-11,14,18H,6-8H2,1H3,(H,28,30);2-4,7,9,11,17H,5-6H2,1H3,(H,28,30);2-4,7,9,11,16H,5-6H2,1H3,(H,27,29);5-8,10,15H,3-4H2,1H3,(H,25,27).